The lowest BCUT2D eigenvalue weighted by Gasteiger charge is -2.13. The molecule has 1 fully saturated rings. The van der Waals surface area contributed by atoms with Crippen LogP contribution in [0.15, 0.2) is 46.3 Å². The number of nitrogens with zero attached hydrogens (tertiary/aromatic N) is 1. The lowest BCUT2D eigenvalue weighted by molar-refractivity contribution is -0.274. The molecule has 0 aliphatic heterocycles. The van der Waals surface area contributed by atoms with Crippen LogP contribution in [0, 0.1) is 5.41 Å². The van der Waals surface area contributed by atoms with Crippen molar-refractivity contribution < 1.29 is 36.2 Å². The first-order valence-corrected chi connectivity index (χ1v) is 10.2. The van der Waals surface area contributed by atoms with E-state index < -0.39 is 27.9 Å². The number of anilines is 1. The second-order valence-electron chi connectivity index (χ2n) is 6.97. The molecule has 3 rings (SSSR count). The van der Waals surface area contributed by atoms with Crippen LogP contribution in [0.4, 0.5) is 18.9 Å². The number of rotatable bonds is 7. The van der Waals surface area contributed by atoms with Crippen molar-refractivity contribution in [3.05, 3.63) is 42.2 Å². The number of aromatic nitrogens is 1. The number of aliphatic hydroxyl groups excluding tert-OH is 1. The first kappa shape index (κ1) is 21.8. The summed E-state index contributed by atoms with van der Waals surface area (Å²) in [7, 11) is -4.14. The van der Waals surface area contributed by atoms with Crippen LogP contribution in [0.1, 0.15) is 23.3 Å². The van der Waals surface area contributed by atoms with Crippen LogP contribution < -0.4 is 15.8 Å². The summed E-state index contributed by atoms with van der Waals surface area (Å²) >= 11 is 0. The van der Waals surface area contributed by atoms with E-state index >= 15 is 0 Å². The molecule has 1 aliphatic rings. The van der Waals surface area contributed by atoms with Crippen molar-refractivity contribution in [2.45, 2.75) is 29.0 Å². The van der Waals surface area contributed by atoms with Crippen LogP contribution in [0.5, 0.6) is 5.75 Å². The first-order chi connectivity index (χ1) is 14.0. The van der Waals surface area contributed by atoms with E-state index in [9.17, 15) is 31.5 Å². The number of carbonyl (C=O) groups excluding carboxylic acids is 1. The Morgan fingerprint density at radius 1 is 1.23 bits per heavy atom. The average molecular weight is 445 g/mol. The molecule has 0 saturated heterocycles. The number of carbonyl (C=O) groups is 1. The molecular weight excluding hydrogens is 427 g/mol. The zero-order valence-electron chi connectivity index (χ0n) is 15.4. The molecule has 0 radical (unpaired) electrons. The largest absolute Gasteiger partial charge is 0.573 e. The molecule has 0 atom stereocenters. The summed E-state index contributed by atoms with van der Waals surface area (Å²) in [4.78, 5) is 15.5. The van der Waals surface area contributed by atoms with Gasteiger partial charge in [-0.25, -0.2) is 13.4 Å². The fourth-order valence-corrected chi connectivity index (χ4v) is 3.91. The van der Waals surface area contributed by atoms with Gasteiger partial charge in [0.15, 0.2) is 5.69 Å². The summed E-state index contributed by atoms with van der Waals surface area (Å²) in [5.41, 5.74) is 5.12. The molecule has 162 valence electrons. The summed E-state index contributed by atoms with van der Waals surface area (Å²) in [5, 5.41) is 11.9. The van der Waals surface area contributed by atoms with E-state index in [-0.39, 0.29) is 39.7 Å². The zero-order valence-corrected chi connectivity index (χ0v) is 16.3. The molecule has 1 heterocycles. The quantitative estimate of drug-likeness (QED) is 0.593. The Morgan fingerprint density at radius 2 is 1.87 bits per heavy atom. The summed E-state index contributed by atoms with van der Waals surface area (Å²) in [6.45, 7) is 0.190. The predicted molar refractivity (Wildman–Crippen MR) is 98.3 cm³/mol. The van der Waals surface area contributed by atoms with Crippen LogP contribution in [0.25, 0.3) is 0 Å². The van der Waals surface area contributed by atoms with E-state index in [1.807, 2.05) is 0 Å². The second kappa shape index (κ2) is 7.76. The number of sulfone groups is 1. The van der Waals surface area contributed by atoms with Gasteiger partial charge in [-0.05, 0) is 43.2 Å². The Labute approximate surface area is 169 Å². The van der Waals surface area contributed by atoms with Crippen LogP contribution >= 0.6 is 0 Å². The Morgan fingerprint density at radius 3 is 2.37 bits per heavy atom. The van der Waals surface area contributed by atoms with Crippen LogP contribution in [-0.2, 0) is 9.84 Å². The molecule has 0 unspecified atom stereocenters. The summed E-state index contributed by atoms with van der Waals surface area (Å²) in [6.07, 6.45) is -2.38. The number of ether oxygens (including phenoxy) is 1. The highest BCUT2D eigenvalue weighted by atomic mass is 32.2. The third-order valence-electron chi connectivity index (χ3n) is 4.70. The number of hydrogen-bond donors (Lipinski definition) is 3. The topological polar surface area (TPSA) is 132 Å². The van der Waals surface area contributed by atoms with E-state index in [2.05, 4.69) is 15.0 Å². The molecule has 1 saturated carbocycles. The fraction of sp³-hybridized carbons (Fsp3) is 0.333. The first-order valence-electron chi connectivity index (χ1n) is 8.71. The number of nitrogens with one attached hydrogen (secondary N) is 1. The van der Waals surface area contributed by atoms with Crippen LogP contribution in [-0.4, -0.2) is 43.9 Å². The summed E-state index contributed by atoms with van der Waals surface area (Å²) in [5.74, 6) is -1.17. The standard InChI is InChI=1S/C18H18F3N3O5S/c19-18(20,21)29-11-1-3-12(4-2-11)30(27,28)13-7-14(22)15(23-8-13)16(26)24-9-17(10-25)5-6-17/h1-4,7-8,25H,5-6,9-10,22H2,(H,24,26). The van der Waals surface area contributed by atoms with Crippen molar-refractivity contribution in [1.82, 2.24) is 10.3 Å². The highest BCUT2D eigenvalue weighted by molar-refractivity contribution is 7.91. The summed E-state index contributed by atoms with van der Waals surface area (Å²) in [6, 6.07) is 4.70. The lowest BCUT2D eigenvalue weighted by atomic mass is 10.1. The summed E-state index contributed by atoms with van der Waals surface area (Å²) < 4.78 is 65.7. The van der Waals surface area contributed by atoms with E-state index in [0.29, 0.717) is 0 Å². The Balaban J connectivity index is 1.76. The molecular formula is C18H18F3N3O5S. The van der Waals surface area contributed by atoms with Crippen molar-refractivity contribution >= 4 is 21.4 Å². The number of alkyl halides is 3. The number of nitrogens with two attached hydrogens (primary N) is 1. The minimum absolute atomic E-state index is 0.0554. The highest BCUT2D eigenvalue weighted by Crippen LogP contribution is 2.44. The van der Waals surface area contributed by atoms with Crippen molar-refractivity contribution in [3.63, 3.8) is 0 Å². The maximum absolute atomic E-state index is 12.7. The Kier molecular flexibility index (Phi) is 5.65. The lowest BCUT2D eigenvalue weighted by Crippen LogP contribution is -2.32. The van der Waals surface area contributed by atoms with E-state index in [0.717, 1.165) is 49.4 Å². The number of benzene rings is 1. The van der Waals surface area contributed by atoms with Crippen LogP contribution in [0.3, 0.4) is 0 Å². The van der Waals surface area contributed by atoms with Crippen molar-refractivity contribution in [1.29, 1.82) is 0 Å². The zero-order chi connectivity index (χ0) is 22.2. The third kappa shape index (κ3) is 4.82. The minimum atomic E-state index is -4.90. The van der Waals surface area contributed by atoms with Gasteiger partial charge >= 0.3 is 6.36 Å². The van der Waals surface area contributed by atoms with Crippen LogP contribution in [0.2, 0.25) is 0 Å². The van der Waals surface area contributed by atoms with Gasteiger partial charge in [0, 0.05) is 18.2 Å². The Bertz CT molecular complexity index is 1050. The maximum atomic E-state index is 12.7. The predicted octanol–water partition coefficient (Wildman–Crippen LogP) is 1.90. The molecule has 1 aliphatic carbocycles. The van der Waals surface area contributed by atoms with Gasteiger partial charge in [-0.15, -0.1) is 13.2 Å². The molecule has 1 aromatic carbocycles. The van der Waals surface area contributed by atoms with E-state index in [1.165, 1.54) is 0 Å². The third-order valence-corrected chi connectivity index (χ3v) is 6.44. The van der Waals surface area contributed by atoms with Gasteiger partial charge in [0.2, 0.25) is 9.84 Å². The van der Waals surface area contributed by atoms with Gasteiger partial charge in [0.25, 0.3) is 5.91 Å². The SMILES string of the molecule is Nc1cc(S(=O)(=O)c2ccc(OC(F)(F)F)cc2)cnc1C(=O)NCC1(CO)CC1. The molecule has 12 heteroatoms. The van der Waals surface area contributed by atoms with Gasteiger partial charge < -0.3 is 20.9 Å². The van der Waals surface area contributed by atoms with Crippen molar-refractivity contribution in [3.8, 4) is 5.75 Å². The van der Waals surface area contributed by atoms with E-state index in [4.69, 9.17) is 5.73 Å². The molecule has 2 aromatic rings. The van der Waals surface area contributed by atoms with Crippen molar-refractivity contribution in [2.75, 3.05) is 18.9 Å². The maximum Gasteiger partial charge on any atom is 0.573 e. The molecule has 1 amide bonds. The van der Waals surface area contributed by atoms with Gasteiger partial charge in [-0.3, -0.25) is 4.79 Å². The number of amides is 1. The molecule has 0 spiro atoms. The molecule has 30 heavy (non-hydrogen) atoms. The average Bonchev–Trinajstić information content (AvgIpc) is 3.46. The van der Waals surface area contributed by atoms with Crippen molar-refractivity contribution in [2.24, 2.45) is 5.41 Å². The number of halogens is 3. The van der Waals surface area contributed by atoms with E-state index in [1.54, 1.807) is 0 Å². The van der Waals surface area contributed by atoms with Gasteiger partial charge in [-0.1, -0.05) is 0 Å². The molecule has 1 aromatic heterocycles. The number of hydrogen-bond acceptors (Lipinski definition) is 7. The highest BCUT2D eigenvalue weighted by Gasteiger charge is 2.42. The number of nitrogen functional groups attached to an aromatic ring is 1. The normalized spacial score (nSPS) is 15.5. The monoisotopic (exact) mass is 445 g/mol. The van der Waals surface area contributed by atoms with Gasteiger partial charge in [0.05, 0.1) is 22.1 Å². The van der Waals surface area contributed by atoms with Gasteiger partial charge in [-0.2, -0.15) is 0 Å². The Hall–Kier alpha value is -2.86. The smallest absolute Gasteiger partial charge is 0.406 e. The molecule has 8 nitrogen and oxygen atoms in total. The molecule has 0 bridgehead atoms. The fourth-order valence-electron chi connectivity index (χ4n) is 2.67. The minimum Gasteiger partial charge on any atom is -0.406 e. The number of aliphatic hydroxyl groups is 1. The number of pyridine rings is 1. The second-order valence-corrected chi connectivity index (χ2v) is 8.92. The molecule has 4 N–H and O–H groups in total. The van der Waals surface area contributed by atoms with Gasteiger partial charge in [0.1, 0.15) is 5.75 Å².